The molecule has 2 aliphatic heterocycles. The SMILES string of the molecule is Cc1cc(N2C[C@H]3CC[C@@H](C2)C3Nc2nc3n(n2)CC[C@@H]3Oc2cc(F)cc(Cl)c2)ncn1. The first-order valence-corrected chi connectivity index (χ1v) is 11.8. The molecule has 4 heterocycles. The lowest BCUT2D eigenvalue weighted by atomic mass is 9.92. The number of halogens is 2. The lowest BCUT2D eigenvalue weighted by Crippen LogP contribution is -2.48. The largest absolute Gasteiger partial charge is 0.482 e. The normalized spacial score (nSPS) is 25.8. The highest BCUT2D eigenvalue weighted by atomic mass is 35.5. The summed E-state index contributed by atoms with van der Waals surface area (Å²) in [7, 11) is 0. The van der Waals surface area contributed by atoms with Crippen LogP contribution in [0.15, 0.2) is 30.6 Å². The maximum Gasteiger partial charge on any atom is 0.242 e. The van der Waals surface area contributed by atoms with Gasteiger partial charge in [-0.2, -0.15) is 4.98 Å². The fraction of sp³-hybridized carbons (Fsp3) is 0.478. The summed E-state index contributed by atoms with van der Waals surface area (Å²) in [4.78, 5) is 15.8. The fourth-order valence-electron chi connectivity index (χ4n) is 5.47. The highest BCUT2D eigenvalue weighted by Gasteiger charge is 2.43. The Hall–Kier alpha value is -2.94. The zero-order valence-electron chi connectivity index (χ0n) is 18.3. The lowest BCUT2D eigenvalue weighted by Gasteiger charge is -2.38. The number of aryl methyl sites for hydroxylation is 2. The number of rotatable bonds is 5. The number of benzene rings is 1. The number of nitrogens with one attached hydrogen (secondary N) is 1. The van der Waals surface area contributed by atoms with E-state index in [9.17, 15) is 4.39 Å². The van der Waals surface area contributed by atoms with Crippen molar-refractivity contribution in [2.75, 3.05) is 23.3 Å². The highest BCUT2D eigenvalue weighted by molar-refractivity contribution is 6.30. The maximum atomic E-state index is 13.7. The molecule has 1 saturated carbocycles. The van der Waals surface area contributed by atoms with Crippen LogP contribution in [0.4, 0.5) is 16.2 Å². The number of hydrogen-bond donors (Lipinski definition) is 1. The standard InChI is InChI=1S/C23H25ClFN7O/c1-13-6-20(27-12-26-13)31-10-14-2-3-15(11-31)21(14)28-23-29-22-19(4-5-32(22)30-23)33-18-8-16(24)7-17(25)9-18/h6-9,12,14-15,19,21H,2-5,10-11H2,1H3,(H,28,30)/t14-,15+,19-,21?/m0/s1. The van der Waals surface area contributed by atoms with Gasteiger partial charge in [-0.05, 0) is 43.7 Å². The molecule has 4 atom stereocenters. The van der Waals surface area contributed by atoms with Gasteiger partial charge in [0.2, 0.25) is 5.95 Å². The van der Waals surface area contributed by atoms with Gasteiger partial charge < -0.3 is 15.0 Å². The van der Waals surface area contributed by atoms with E-state index in [0.717, 1.165) is 43.4 Å². The smallest absolute Gasteiger partial charge is 0.242 e. The number of piperidine rings is 1. The molecule has 0 spiro atoms. The molecule has 6 rings (SSSR count). The molecule has 3 aliphatic rings. The van der Waals surface area contributed by atoms with Gasteiger partial charge in [0.25, 0.3) is 0 Å². The van der Waals surface area contributed by atoms with Crippen LogP contribution in [-0.2, 0) is 6.54 Å². The molecule has 2 fully saturated rings. The van der Waals surface area contributed by atoms with Crippen LogP contribution in [0.1, 0.15) is 36.9 Å². The van der Waals surface area contributed by atoms with Crippen molar-refractivity contribution in [3.8, 4) is 5.75 Å². The summed E-state index contributed by atoms with van der Waals surface area (Å²) in [5.41, 5.74) is 0.988. The van der Waals surface area contributed by atoms with Gasteiger partial charge in [0.05, 0.1) is 0 Å². The Morgan fingerprint density at radius 2 is 1.91 bits per heavy atom. The first-order chi connectivity index (χ1) is 16.0. The molecule has 0 amide bonds. The molecule has 8 nitrogen and oxygen atoms in total. The summed E-state index contributed by atoms with van der Waals surface area (Å²) >= 11 is 5.97. The molecule has 2 aromatic heterocycles. The van der Waals surface area contributed by atoms with Crippen molar-refractivity contribution in [3.05, 3.63) is 53.0 Å². The van der Waals surface area contributed by atoms with Gasteiger partial charge in [0, 0.05) is 54.9 Å². The first kappa shape index (κ1) is 20.7. The molecule has 1 aliphatic carbocycles. The van der Waals surface area contributed by atoms with E-state index in [0.29, 0.717) is 34.6 Å². The third-order valence-corrected chi connectivity index (χ3v) is 7.17. The van der Waals surface area contributed by atoms with E-state index in [4.69, 9.17) is 21.3 Å². The first-order valence-electron chi connectivity index (χ1n) is 11.4. The van der Waals surface area contributed by atoms with Crippen molar-refractivity contribution in [2.24, 2.45) is 11.8 Å². The Labute approximate surface area is 196 Å². The Morgan fingerprint density at radius 1 is 1.09 bits per heavy atom. The topological polar surface area (TPSA) is 81.0 Å². The minimum Gasteiger partial charge on any atom is -0.482 e. The molecule has 33 heavy (non-hydrogen) atoms. The number of fused-ring (bicyclic) bond motifs is 3. The molecule has 1 unspecified atom stereocenters. The van der Waals surface area contributed by atoms with E-state index in [1.54, 1.807) is 12.4 Å². The Bertz CT molecular complexity index is 1150. The van der Waals surface area contributed by atoms with Crippen LogP contribution in [0.5, 0.6) is 5.75 Å². The minimum atomic E-state index is -0.418. The number of anilines is 2. The predicted octanol–water partition coefficient (Wildman–Crippen LogP) is 4.02. The van der Waals surface area contributed by atoms with Gasteiger partial charge in [0.1, 0.15) is 23.7 Å². The summed E-state index contributed by atoms with van der Waals surface area (Å²) in [6.45, 7) is 4.64. The van der Waals surface area contributed by atoms with Crippen LogP contribution >= 0.6 is 11.6 Å². The maximum absolute atomic E-state index is 13.7. The van der Waals surface area contributed by atoms with Gasteiger partial charge in [-0.15, -0.1) is 5.10 Å². The van der Waals surface area contributed by atoms with Crippen LogP contribution in [0.25, 0.3) is 0 Å². The second kappa shape index (κ2) is 8.13. The van der Waals surface area contributed by atoms with E-state index in [1.165, 1.54) is 25.0 Å². The average molecular weight is 470 g/mol. The van der Waals surface area contributed by atoms with E-state index < -0.39 is 5.82 Å². The molecular weight excluding hydrogens is 445 g/mol. The van der Waals surface area contributed by atoms with Crippen molar-refractivity contribution in [3.63, 3.8) is 0 Å². The van der Waals surface area contributed by atoms with Crippen LogP contribution in [0, 0.1) is 24.6 Å². The van der Waals surface area contributed by atoms with Crippen molar-refractivity contribution in [1.82, 2.24) is 24.7 Å². The van der Waals surface area contributed by atoms with Crippen molar-refractivity contribution >= 4 is 23.4 Å². The summed E-state index contributed by atoms with van der Waals surface area (Å²) in [6.07, 6.45) is 4.48. The molecule has 1 saturated heterocycles. The second-order valence-electron chi connectivity index (χ2n) is 9.21. The molecule has 3 aromatic rings. The molecule has 172 valence electrons. The van der Waals surface area contributed by atoms with E-state index >= 15 is 0 Å². The molecular formula is C23H25ClFN7O. The molecule has 10 heteroatoms. The van der Waals surface area contributed by atoms with Gasteiger partial charge in [-0.25, -0.2) is 19.0 Å². The molecule has 2 bridgehead atoms. The Morgan fingerprint density at radius 3 is 2.67 bits per heavy atom. The summed E-state index contributed by atoms with van der Waals surface area (Å²) in [5.74, 6) is 3.43. The van der Waals surface area contributed by atoms with Gasteiger partial charge >= 0.3 is 0 Å². The zero-order chi connectivity index (χ0) is 22.5. The molecule has 1 N–H and O–H groups in total. The summed E-state index contributed by atoms with van der Waals surface area (Å²) in [5, 5.41) is 8.61. The molecule has 1 aromatic carbocycles. The van der Waals surface area contributed by atoms with Crippen LogP contribution in [0.3, 0.4) is 0 Å². The number of hydrogen-bond acceptors (Lipinski definition) is 7. The van der Waals surface area contributed by atoms with Crippen molar-refractivity contribution in [1.29, 1.82) is 0 Å². The minimum absolute atomic E-state index is 0.273. The third-order valence-electron chi connectivity index (χ3n) is 6.95. The summed E-state index contributed by atoms with van der Waals surface area (Å²) < 4.78 is 21.6. The van der Waals surface area contributed by atoms with Crippen LogP contribution < -0.4 is 15.0 Å². The van der Waals surface area contributed by atoms with E-state index in [2.05, 4.69) is 31.3 Å². The van der Waals surface area contributed by atoms with Crippen molar-refractivity contribution < 1.29 is 9.13 Å². The molecule has 0 radical (unpaired) electrons. The quantitative estimate of drug-likeness (QED) is 0.604. The van der Waals surface area contributed by atoms with Gasteiger partial charge in [-0.1, -0.05) is 11.6 Å². The van der Waals surface area contributed by atoms with Gasteiger partial charge in [-0.3, -0.25) is 0 Å². The highest BCUT2D eigenvalue weighted by Crippen LogP contribution is 2.40. The van der Waals surface area contributed by atoms with Gasteiger partial charge in [0.15, 0.2) is 11.9 Å². The van der Waals surface area contributed by atoms with E-state index in [1.807, 2.05) is 11.6 Å². The Balaban J connectivity index is 1.15. The Kier molecular flexibility index (Phi) is 5.09. The second-order valence-corrected chi connectivity index (χ2v) is 9.64. The zero-order valence-corrected chi connectivity index (χ0v) is 19.0. The average Bonchev–Trinajstić information content (AvgIpc) is 3.39. The number of aromatic nitrogens is 5. The number of nitrogens with zero attached hydrogens (tertiary/aromatic N) is 6. The summed E-state index contributed by atoms with van der Waals surface area (Å²) in [6, 6.07) is 6.62. The predicted molar refractivity (Wildman–Crippen MR) is 122 cm³/mol. The van der Waals surface area contributed by atoms with Crippen LogP contribution in [0.2, 0.25) is 5.02 Å². The fourth-order valence-corrected chi connectivity index (χ4v) is 5.68. The lowest BCUT2D eigenvalue weighted by molar-refractivity contribution is 0.202. The van der Waals surface area contributed by atoms with Crippen LogP contribution in [-0.4, -0.2) is 43.9 Å². The van der Waals surface area contributed by atoms with E-state index in [-0.39, 0.29) is 6.10 Å². The monoisotopic (exact) mass is 469 g/mol. The van der Waals surface area contributed by atoms with Crippen molar-refractivity contribution in [2.45, 2.75) is 44.9 Å². The number of ether oxygens (including phenoxy) is 1. The third kappa shape index (κ3) is 3.99.